The third-order valence-electron chi connectivity index (χ3n) is 4.59. The molecule has 3 heterocycles. The van der Waals surface area contributed by atoms with Gasteiger partial charge in [0.15, 0.2) is 0 Å². The second-order valence-electron chi connectivity index (χ2n) is 6.21. The van der Waals surface area contributed by atoms with E-state index < -0.39 is 0 Å². The molecule has 1 saturated heterocycles. The van der Waals surface area contributed by atoms with E-state index in [4.69, 9.17) is 5.11 Å². The fourth-order valence-electron chi connectivity index (χ4n) is 3.23. The van der Waals surface area contributed by atoms with Gasteiger partial charge >= 0.3 is 0 Å². The number of aliphatic hydroxyl groups is 2. The first kappa shape index (κ1) is 16.6. The first-order chi connectivity index (χ1) is 11.2. The molecule has 1 unspecified atom stereocenters. The SMILES string of the molecule is CN(CCO)CC(O)C1CCN(c2ncnc3ccsc23)CC1. The van der Waals surface area contributed by atoms with Crippen LogP contribution in [0, 0.1) is 5.92 Å². The number of nitrogens with zero attached hydrogens (tertiary/aromatic N) is 4. The van der Waals surface area contributed by atoms with Gasteiger partial charge in [-0.05, 0) is 37.3 Å². The minimum atomic E-state index is -0.333. The molecule has 1 aliphatic heterocycles. The van der Waals surface area contributed by atoms with Gasteiger partial charge in [0, 0.05) is 26.2 Å². The maximum Gasteiger partial charge on any atom is 0.150 e. The third kappa shape index (κ3) is 3.80. The second-order valence-corrected chi connectivity index (χ2v) is 7.13. The molecule has 126 valence electrons. The molecular formula is C16H24N4O2S. The van der Waals surface area contributed by atoms with Gasteiger partial charge in [-0.25, -0.2) is 9.97 Å². The smallest absolute Gasteiger partial charge is 0.150 e. The predicted octanol–water partition coefficient (Wildman–Crippen LogP) is 1.19. The third-order valence-corrected chi connectivity index (χ3v) is 5.49. The molecule has 0 spiro atoms. The Morgan fingerprint density at radius 1 is 1.39 bits per heavy atom. The van der Waals surface area contributed by atoms with Gasteiger partial charge in [-0.2, -0.15) is 0 Å². The number of rotatable bonds is 6. The molecule has 0 bridgehead atoms. The first-order valence-electron chi connectivity index (χ1n) is 8.09. The lowest BCUT2D eigenvalue weighted by atomic mass is 9.91. The molecule has 1 atom stereocenters. The van der Waals surface area contributed by atoms with Gasteiger partial charge in [0.05, 0.1) is 22.9 Å². The van der Waals surface area contributed by atoms with E-state index in [0.29, 0.717) is 19.0 Å². The lowest BCUT2D eigenvalue weighted by Gasteiger charge is -2.36. The van der Waals surface area contributed by atoms with Crippen LogP contribution in [-0.4, -0.2) is 71.0 Å². The van der Waals surface area contributed by atoms with Gasteiger partial charge in [0.2, 0.25) is 0 Å². The Labute approximate surface area is 140 Å². The summed E-state index contributed by atoms with van der Waals surface area (Å²) in [6, 6.07) is 2.03. The molecule has 0 amide bonds. The highest BCUT2D eigenvalue weighted by atomic mass is 32.1. The predicted molar refractivity (Wildman–Crippen MR) is 92.9 cm³/mol. The van der Waals surface area contributed by atoms with Crippen molar-refractivity contribution in [1.29, 1.82) is 0 Å². The van der Waals surface area contributed by atoms with Gasteiger partial charge < -0.3 is 20.0 Å². The minimum Gasteiger partial charge on any atom is -0.395 e. The van der Waals surface area contributed by atoms with Crippen LogP contribution in [0.15, 0.2) is 17.8 Å². The Morgan fingerprint density at radius 2 is 2.17 bits per heavy atom. The molecule has 2 aromatic heterocycles. The molecular weight excluding hydrogens is 312 g/mol. The van der Waals surface area contributed by atoms with Crippen LogP contribution in [0.5, 0.6) is 0 Å². The summed E-state index contributed by atoms with van der Waals surface area (Å²) in [4.78, 5) is 13.1. The molecule has 23 heavy (non-hydrogen) atoms. The molecule has 1 aliphatic rings. The van der Waals surface area contributed by atoms with Crippen LogP contribution in [-0.2, 0) is 0 Å². The number of hydrogen-bond donors (Lipinski definition) is 2. The molecule has 2 aromatic rings. The summed E-state index contributed by atoms with van der Waals surface area (Å²) in [5.41, 5.74) is 1.01. The molecule has 6 nitrogen and oxygen atoms in total. The summed E-state index contributed by atoms with van der Waals surface area (Å²) in [5.74, 6) is 1.34. The Kier molecular flexibility index (Phi) is 5.42. The van der Waals surface area contributed by atoms with Crippen molar-refractivity contribution >= 4 is 27.4 Å². The first-order valence-corrected chi connectivity index (χ1v) is 8.97. The summed E-state index contributed by atoms with van der Waals surface area (Å²) >= 11 is 1.68. The van der Waals surface area contributed by atoms with Crippen molar-refractivity contribution in [2.75, 3.05) is 44.7 Å². The normalized spacial score (nSPS) is 18.0. The zero-order valence-electron chi connectivity index (χ0n) is 13.4. The molecule has 1 fully saturated rings. The van der Waals surface area contributed by atoms with E-state index in [1.54, 1.807) is 17.7 Å². The number of aliphatic hydroxyl groups excluding tert-OH is 2. The fourth-order valence-corrected chi connectivity index (χ4v) is 4.09. The Bertz CT molecular complexity index is 627. The molecule has 0 aromatic carbocycles. The highest BCUT2D eigenvalue weighted by molar-refractivity contribution is 7.17. The molecule has 0 aliphatic carbocycles. The summed E-state index contributed by atoms with van der Waals surface area (Å²) in [7, 11) is 1.93. The average molecular weight is 336 g/mol. The molecule has 0 radical (unpaired) electrons. The molecule has 0 saturated carbocycles. The van der Waals surface area contributed by atoms with Gasteiger partial charge in [0.1, 0.15) is 12.1 Å². The van der Waals surface area contributed by atoms with E-state index in [-0.39, 0.29) is 12.7 Å². The lowest BCUT2D eigenvalue weighted by Crippen LogP contribution is -2.42. The quantitative estimate of drug-likeness (QED) is 0.826. The molecule has 3 rings (SSSR count). The zero-order valence-corrected chi connectivity index (χ0v) is 14.2. The van der Waals surface area contributed by atoms with Crippen LogP contribution >= 0.6 is 11.3 Å². The summed E-state index contributed by atoms with van der Waals surface area (Å²) in [6.45, 7) is 3.18. The van der Waals surface area contributed by atoms with Gasteiger partial charge in [-0.15, -0.1) is 11.3 Å². The Balaban J connectivity index is 1.59. The van der Waals surface area contributed by atoms with E-state index in [1.165, 1.54) is 0 Å². The Morgan fingerprint density at radius 3 is 2.91 bits per heavy atom. The molecule has 2 N–H and O–H groups in total. The zero-order chi connectivity index (χ0) is 16.2. The van der Waals surface area contributed by atoms with E-state index in [2.05, 4.69) is 20.2 Å². The largest absolute Gasteiger partial charge is 0.395 e. The van der Waals surface area contributed by atoms with Gasteiger partial charge in [0.25, 0.3) is 0 Å². The van der Waals surface area contributed by atoms with Crippen molar-refractivity contribution in [1.82, 2.24) is 14.9 Å². The van der Waals surface area contributed by atoms with Crippen LogP contribution in [0.25, 0.3) is 10.2 Å². The van der Waals surface area contributed by atoms with Crippen molar-refractivity contribution in [3.05, 3.63) is 17.8 Å². The highest BCUT2D eigenvalue weighted by Crippen LogP contribution is 2.31. The van der Waals surface area contributed by atoms with Gasteiger partial charge in [-0.1, -0.05) is 0 Å². The average Bonchev–Trinajstić information content (AvgIpc) is 3.03. The van der Waals surface area contributed by atoms with Crippen molar-refractivity contribution in [3.63, 3.8) is 0 Å². The maximum absolute atomic E-state index is 10.4. The summed E-state index contributed by atoms with van der Waals surface area (Å²) < 4.78 is 1.15. The number of thiophene rings is 1. The van der Waals surface area contributed by atoms with E-state index in [1.807, 2.05) is 18.0 Å². The highest BCUT2D eigenvalue weighted by Gasteiger charge is 2.27. The standard InChI is InChI=1S/C16H24N4O2S/c1-19(7-8-21)10-14(22)12-2-5-20(6-3-12)16-15-13(4-9-23-15)17-11-18-16/h4,9,11-12,14,21-22H,2-3,5-8,10H2,1H3. The van der Waals surface area contributed by atoms with Crippen LogP contribution in [0.1, 0.15) is 12.8 Å². The maximum atomic E-state index is 10.4. The number of piperidine rings is 1. The van der Waals surface area contributed by atoms with Crippen LogP contribution < -0.4 is 4.90 Å². The van der Waals surface area contributed by atoms with Crippen molar-refractivity contribution in [3.8, 4) is 0 Å². The van der Waals surface area contributed by atoms with Crippen LogP contribution in [0.3, 0.4) is 0 Å². The van der Waals surface area contributed by atoms with Crippen molar-refractivity contribution in [2.45, 2.75) is 18.9 Å². The number of likely N-dealkylation sites (N-methyl/N-ethyl adjacent to an activating group) is 1. The number of aromatic nitrogens is 2. The Hall–Kier alpha value is -1.28. The number of hydrogen-bond acceptors (Lipinski definition) is 7. The summed E-state index contributed by atoms with van der Waals surface area (Å²) in [6.07, 6.45) is 3.23. The van der Waals surface area contributed by atoms with Crippen LogP contribution in [0.2, 0.25) is 0 Å². The van der Waals surface area contributed by atoms with E-state index >= 15 is 0 Å². The lowest BCUT2D eigenvalue weighted by molar-refractivity contribution is 0.0563. The van der Waals surface area contributed by atoms with Crippen molar-refractivity contribution in [2.24, 2.45) is 5.92 Å². The minimum absolute atomic E-state index is 0.131. The monoisotopic (exact) mass is 336 g/mol. The summed E-state index contributed by atoms with van der Waals surface area (Å²) in [5, 5.41) is 21.4. The molecule has 7 heteroatoms. The van der Waals surface area contributed by atoms with Gasteiger partial charge in [-0.3, -0.25) is 0 Å². The topological polar surface area (TPSA) is 72.7 Å². The van der Waals surface area contributed by atoms with E-state index in [9.17, 15) is 5.11 Å². The number of fused-ring (bicyclic) bond motifs is 1. The fraction of sp³-hybridized carbons (Fsp3) is 0.625. The van der Waals surface area contributed by atoms with E-state index in [0.717, 1.165) is 42.0 Å². The second kappa shape index (κ2) is 7.53. The van der Waals surface area contributed by atoms with Crippen LogP contribution in [0.4, 0.5) is 5.82 Å². The number of anilines is 1. The van der Waals surface area contributed by atoms with Crippen molar-refractivity contribution < 1.29 is 10.2 Å².